The molecule has 152 valence electrons. The van der Waals surface area contributed by atoms with E-state index in [2.05, 4.69) is 13.0 Å². The maximum Gasteiger partial charge on any atom is 0.308 e. The van der Waals surface area contributed by atoms with Gasteiger partial charge in [0.05, 0.1) is 0 Å². The van der Waals surface area contributed by atoms with Crippen molar-refractivity contribution in [2.24, 2.45) is 28.6 Å². The van der Waals surface area contributed by atoms with Crippen LogP contribution < -0.4 is 0 Å². The van der Waals surface area contributed by atoms with E-state index < -0.39 is 11.4 Å². The van der Waals surface area contributed by atoms with Gasteiger partial charge in [0.25, 0.3) is 0 Å². The van der Waals surface area contributed by atoms with Crippen LogP contribution in [0.5, 0.6) is 0 Å². The molecular formula is C23H30O5. The number of fused-ring (bicyclic) bond motifs is 5. The summed E-state index contributed by atoms with van der Waals surface area (Å²) in [7, 11) is 0. The third-order valence-electron chi connectivity index (χ3n) is 7.97. The maximum atomic E-state index is 13.0. The number of carbonyl (C=O) groups excluding carboxylic acids is 3. The van der Waals surface area contributed by atoms with Crippen LogP contribution in [0.2, 0.25) is 0 Å². The topological polar surface area (TPSA) is 69.7 Å². The SMILES string of the molecule is CC(=O)OC1=C[C@H]2[C@@H]3CC=C4C[C@@H](OC(C)=O)CC[C@]4(C)[C@H]3CC[C@]2(C)C1=O. The predicted octanol–water partition coefficient (Wildman–Crippen LogP) is 4.12. The van der Waals surface area contributed by atoms with E-state index in [1.165, 1.54) is 19.4 Å². The Hall–Kier alpha value is -1.91. The predicted molar refractivity (Wildman–Crippen MR) is 103 cm³/mol. The highest BCUT2D eigenvalue weighted by molar-refractivity contribution is 6.02. The fraction of sp³-hybridized carbons (Fsp3) is 0.696. The van der Waals surface area contributed by atoms with E-state index in [0.717, 1.165) is 38.5 Å². The largest absolute Gasteiger partial charge is 0.462 e. The molecule has 6 atom stereocenters. The third kappa shape index (κ3) is 2.85. The lowest BCUT2D eigenvalue weighted by Crippen LogP contribution is -2.51. The van der Waals surface area contributed by atoms with Crippen molar-refractivity contribution in [1.29, 1.82) is 0 Å². The molecule has 4 aliphatic carbocycles. The Morgan fingerprint density at radius 1 is 1.07 bits per heavy atom. The highest BCUT2D eigenvalue weighted by Crippen LogP contribution is 2.63. The van der Waals surface area contributed by atoms with Crippen molar-refractivity contribution >= 4 is 17.7 Å². The lowest BCUT2D eigenvalue weighted by Gasteiger charge is -2.56. The van der Waals surface area contributed by atoms with Crippen LogP contribution in [-0.4, -0.2) is 23.8 Å². The average molecular weight is 386 g/mol. The molecule has 0 amide bonds. The molecule has 0 heterocycles. The van der Waals surface area contributed by atoms with Gasteiger partial charge in [0.2, 0.25) is 5.78 Å². The molecule has 0 radical (unpaired) electrons. The van der Waals surface area contributed by atoms with Gasteiger partial charge >= 0.3 is 11.9 Å². The van der Waals surface area contributed by atoms with Crippen molar-refractivity contribution in [2.45, 2.75) is 72.3 Å². The van der Waals surface area contributed by atoms with E-state index in [-0.39, 0.29) is 34.9 Å². The van der Waals surface area contributed by atoms with Crippen LogP contribution in [0.1, 0.15) is 66.2 Å². The molecule has 5 heteroatoms. The van der Waals surface area contributed by atoms with Crippen LogP contribution in [0.25, 0.3) is 0 Å². The van der Waals surface area contributed by atoms with E-state index in [0.29, 0.717) is 11.8 Å². The summed E-state index contributed by atoms with van der Waals surface area (Å²) >= 11 is 0. The number of allylic oxidation sites excluding steroid dienone is 3. The standard InChI is InChI=1S/C23H30O5/c1-13(24)27-16-7-9-22(3)15(11-16)5-6-17-18(22)8-10-23(4)19(17)12-20(21(23)26)28-14(2)25/h5,12,16-19H,6-11H2,1-4H3/t16-,17+,18-,19-,22-,23-/m0/s1. The van der Waals surface area contributed by atoms with Crippen molar-refractivity contribution in [3.63, 3.8) is 0 Å². The molecule has 0 bridgehead atoms. The number of hydrogen-bond donors (Lipinski definition) is 0. The summed E-state index contributed by atoms with van der Waals surface area (Å²) in [4.78, 5) is 35.8. The molecule has 4 rings (SSSR count). The van der Waals surface area contributed by atoms with Gasteiger partial charge in [-0.15, -0.1) is 0 Å². The number of ether oxygens (including phenoxy) is 2. The summed E-state index contributed by atoms with van der Waals surface area (Å²) in [5.41, 5.74) is 1.06. The Balaban J connectivity index is 1.62. The minimum Gasteiger partial charge on any atom is -0.462 e. The van der Waals surface area contributed by atoms with Crippen LogP contribution in [0.4, 0.5) is 0 Å². The number of Topliss-reactive ketones (excluding diaryl/α,β-unsaturated/α-hetero) is 1. The molecule has 0 saturated heterocycles. The lowest BCUT2D eigenvalue weighted by atomic mass is 9.48. The lowest BCUT2D eigenvalue weighted by molar-refractivity contribution is -0.149. The van der Waals surface area contributed by atoms with Crippen molar-refractivity contribution < 1.29 is 23.9 Å². The van der Waals surface area contributed by atoms with Crippen LogP contribution >= 0.6 is 0 Å². The summed E-state index contributed by atoms with van der Waals surface area (Å²) < 4.78 is 10.7. The summed E-state index contributed by atoms with van der Waals surface area (Å²) in [6.45, 7) is 7.23. The van der Waals surface area contributed by atoms with E-state index in [4.69, 9.17) is 9.47 Å². The molecule has 0 unspecified atom stereocenters. The number of esters is 2. The van der Waals surface area contributed by atoms with Gasteiger partial charge in [0, 0.05) is 25.7 Å². The summed E-state index contributed by atoms with van der Waals surface area (Å²) in [6.07, 6.45) is 9.77. The maximum absolute atomic E-state index is 13.0. The Bertz CT molecular complexity index is 793. The van der Waals surface area contributed by atoms with Crippen LogP contribution in [-0.2, 0) is 23.9 Å². The first-order valence-electron chi connectivity index (χ1n) is 10.5. The second-order valence-corrected chi connectivity index (χ2v) is 9.56. The Morgan fingerprint density at radius 3 is 2.46 bits per heavy atom. The zero-order valence-electron chi connectivity index (χ0n) is 17.2. The van der Waals surface area contributed by atoms with Gasteiger partial charge in [0.1, 0.15) is 6.10 Å². The third-order valence-corrected chi connectivity index (χ3v) is 7.97. The zero-order valence-corrected chi connectivity index (χ0v) is 17.2. The fourth-order valence-electron chi connectivity index (χ4n) is 6.54. The minimum atomic E-state index is -0.456. The fourth-order valence-corrected chi connectivity index (χ4v) is 6.54. The Labute approximate surface area is 166 Å². The summed E-state index contributed by atoms with van der Waals surface area (Å²) in [6, 6.07) is 0. The second-order valence-electron chi connectivity index (χ2n) is 9.56. The van der Waals surface area contributed by atoms with E-state index in [1.807, 2.05) is 13.0 Å². The van der Waals surface area contributed by atoms with E-state index in [1.54, 1.807) is 0 Å². The van der Waals surface area contributed by atoms with Gasteiger partial charge < -0.3 is 9.47 Å². The first-order valence-corrected chi connectivity index (χ1v) is 10.5. The normalized spacial score (nSPS) is 41.8. The molecule has 0 aromatic rings. The van der Waals surface area contributed by atoms with Gasteiger partial charge in [-0.2, -0.15) is 0 Å². The van der Waals surface area contributed by atoms with Gasteiger partial charge in [0.15, 0.2) is 5.76 Å². The van der Waals surface area contributed by atoms with E-state index >= 15 is 0 Å². The van der Waals surface area contributed by atoms with Gasteiger partial charge in [-0.25, -0.2) is 0 Å². The smallest absolute Gasteiger partial charge is 0.308 e. The quantitative estimate of drug-likeness (QED) is 0.527. The van der Waals surface area contributed by atoms with Gasteiger partial charge in [-0.1, -0.05) is 25.5 Å². The molecule has 0 spiro atoms. The van der Waals surface area contributed by atoms with Gasteiger partial charge in [-0.05, 0) is 61.3 Å². The highest BCUT2D eigenvalue weighted by atomic mass is 16.5. The molecule has 0 aromatic heterocycles. The van der Waals surface area contributed by atoms with Crippen molar-refractivity contribution in [3.8, 4) is 0 Å². The summed E-state index contributed by atoms with van der Waals surface area (Å²) in [5.74, 6) is 0.612. The minimum absolute atomic E-state index is 0.00856. The molecule has 28 heavy (non-hydrogen) atoms. The first kappa shape index (κ1) is 19.4. The Morgan fingerprint density at radius 2 is 1.79 bits per heavy atom. The van der Waals surface area contributed by atoms with Gasteiger partial charge in [-0.3, -0.25) is 14.4 Å². The second kappa shape index (κ2) is 6.57. The molecule has 0 aliphatic heterocycles. The van der Waals surface area contributed by atoms with Crippen LogP contribution in [0.3, 0.4) is 0 Å². The number of rotatable bonds is 2. The molecule has 0 aromatic carbocycles. The first-order chi connectivity index (χ1) is 13.1. The molecule has 2 saturated carbocycles. The molecule has 4 aliphatic rings. The monoisotopic (exact) mass is 386 g/mol. The molecule has 2 fully saturated rings. The average Bonchev–Trinajstić information content (AvgIpc) is 2.86. The summed E-state index contributed by atoms with van der Waals surface area (Å²) in [5, 5.41) is 0. The number of carbonyl (C=O) groups is 3. The zero-order chi connectivity index (χ0) is 20.3. The van der Waals surface area contributed by atoms with Crippen molar-refractivity contribution in [1.82, 2.24) is 0 Å². The van der Waals surface area contributed by atoms with Crippen molar-refractivity contribution in [2.75, 3.05) is 0 Å². The van der Waals surface area contributed by atoms with Crippen molar-refractivity contribution in [3.05, 3.63) is 23.5 Å². The number of hydrogen-bond acceptors (Lipinski definition) is 5. The molecule has 5 nitrogen and oxygen atoms in total. The molecular weight excluding hydrogens is 356 g/mol. The number of ketones is 1. The Kier molecular flexibility index (Phi) is 4.55. The van der Waals surface area contributed by atoms with Crippen LogP contribution in [0, 0.1) is 28.6 Å². The van der Waals surface area contributed by atoms with Crippen LogP contribution in [0.15, 0.2) is 23.5 Å². The highest BCUT2D eigenvalue weighted by Gasteiger charge is 2.59. The van der Waals surface area contributed by atoms with E-state index in [9.17, 15) is 14.4 Å². The molecule has 0 N–H and O–H groups in total.